The number of ether oxygens (including phenoxy) is 1. The van der Waals surface area contributed by atoms with Crippen molar-refractivity contribution >= 4 is 5.97 Å². The molecule has 4 nitrogen and oxygen atoms in total. The second-order valence-electron chi connectivity index (χ2n) is 8.27. The lowest BCUT2D eigenvalue weighted by molar-refractivity contribution is -0.136. The van der Waals surface area contributed by atoms with E-state index in [1.54, 1.807) is 0 Å². The van der Waals surface area contributed by atoms with Gasteiger partial charge in [-0.3, -0.25) is 9.69 Å². The number of carbonyl (C=O) groups is 1. The van der Waals surface area contributed by atoms with E-state index in [0.29, 0.717) is 6.42 Å². The van der Waals surface area contributed by atoms with Crippen molar-refractivity contribution in [3.05, 3.63) is 64.2 Å². The fraction of sp³-hybridized carbons (Fsp3) is 0.435. The molecule has 0 spiro atoms. The minimum Gasteiger partial charge on any atom is -0.486 e. The first-order valence-corrected chi connectivity index (χ1v) is 9.53. The second-order valence-corrected chi connectivity index (χ2v) is 8.27. The Morgan fingerprint density at radius 2 is 1.96 bits per heavy atom. The van der Waals surface area contributed by atoms with Gasteiger partial charge in [-0.15, -0.1) is 0 Å². The fourth-order valence-corrected chi connectivity index (χ4v) is 3.71. The van der Waals surface area contributed by atoms with Crippen molar-refractivity contribution in [3.8, 4) is 5.75 Å². The first-order chi connectivity index (χ1) is 12.7. The van der Waals surface area contributed by atoms with Gasteiger partial charge < -0.3 is 9.84 Å². The smallest absolute Gasteiger partial charge is 0.303 e. The van der Waals surface area contributed by atoms with Crippen molar-refractivity contribution in [3.63, 3.8) is 0 Å². The second kappa shape index (κ2) is 7.73. The van der Waals surface area contributed by atoms with Gasteiger partial charge >= 0.3 is 5.97 Å². The number of fused-ring (bicyclic) bond motifs is 1. The van der Waals surface area contributed by atoms with Crippen LogP contribution in [0.2, 0.25) is 0 Å². The molecule has 2 aromatic carbocycles. The van der Waals surface area contributed by atoms with Crippen molar-refractivity contribution < 1.29 is 14.6 Å². The van der Waals surface area contributed by atoms with Crippen LogP contribution in [0.3, 0.4) is 0 Å². The number of hydrogen-bond acceptors (Lipinski definition) is 3. The molecule has 1 aliphatic heterocycles. The van der Waals surface area contributed by atoms with Crippen LogP contribution in [-0.4, -0.2) is 28.1 Å². The molecular formula is C23H29NO3. The maximum atomic E-state index is 10.9. The van der Waals surface area contributed by atoms with Crippen LogP contribution < -0.4 is 4.74 Å². The molecule has 4 heteroatoms. The third-order valence-electron chi connectivity index (χ3n) is 5.04. The lowest BCUT2D eigenvalue weighted by atomic mass is 10.0. The SMILES string of the molecule is Cc1ccc2c(c1)OC(C)(C)CN(Cc1cc(CCC(=O)O)ccc1C)C2. The fourth-order valence-electron chi connectivity index (χ4n) is 3.71. The summed E-state index contributed by atoms with van der Waals surface area (Å²) in [4.78, 5) is 13.3. The molecule has 27 heavy (non-hydrogen) atoms. The van der Waals surface area contributed by atoms with Crippen molar-refractivity contribution in [2.75, 3.05) is 6.54 Å². The lowest BCUT2D eigenvalue weighted by Gasteiger charge is -2.30. The molecule has 0 saturated heterocycles. The average molecular weight is 367 g/mol. The van der Waals surface area contributed by atoms with Crippen molar-refractivity contribution in [1.29, 1.82) is 0 Å². The van der Waals surface area contributed by atoms with Crippen LogP contribution in [0, 0.1) is 13.8 Å². The van der Waals surface area contributed by atoms with Gasteiger partial charge in [0.15, 0.2) is 0 Å². The highest BCUT2D eigenvalue weighted by Crippen LogP contribution is 2.31. The number of aryl methyl sites for hydroxylation is 3. The number of aliphatic carboxylic acids is 1. The Bertz CT molecular complexity index is 842. The van der Waals surface area contributed by atoms with E-state index in [4.69, 9.17) is 9.84 Å². The van der Waals surface area contributed by atoms with E-state index in [1.807, 2.05) is 6.07 Å². The van der Waals surface area contributed by atoms with E-state index in [-0.39, 0.29) is 12.0 Å². The van der Waals surface area contributed by atoms with Crippen LogP contribution in [-0.2, 0) is 24.3 Å². The van der Waals surface area contributed by atoms with Crippen LogP contribution >= 0.6 is 0 Å². The zero-order valence-electron chi connectivity index (χ0n) is 16.7. The van der Waals surface area contributed by atoms with Crippen LogP contribution in [0.5, 0.6) is 5.75 Å². The summed E-state index contributed by atoms with van der Waals surface area (Å²) in [6.07, 6.45) is 0.735. The summed E-state index contributed by atoms with van der Waals surface area (Å²) in [6.45, 7) is 11.0. The molecule has 3 rings (SSSR count). The Balaban J connectivity index is 1.83. The van der Waals surface area contributed by atoms with Gasteiger partial charge in [0.25, 0.3) is 0 Å². The third kappa shape index (κ3) is 5.10. The van der Waals surface area contributed by atoms with Crippen LogP contribution in [0.4, 0.5) is 0 Å². The Labute approximate surface area is 161 Å². The summed E-state index contributed by atoms with van der Waals surface area (Å²) in [6, 6.07) is 12.7. The summed E-state index contributed by atoms with van der Waals surface area (Å²) in [5, 5.41) is 8.94. The van der Waals surface area contributed by atoms with Crippen LogP contribution in [0.25, 0.3) is 0 Å². The molecule has 144 valence electrons. The number of hydrogen-bond donors (Lipinski definition) is 1. The van der Waals surface area contributed by atoms with Gasteiger partial charge in [0.1, 0.15) is 11.4 Å². The minimum atomic E-state index is -0.754. The summed E-state index contributed by atoms with van der Waals surface area (Å²) in [5.41, 5.74) is 5.73. The van der Waals surface area contributed by atoms with Gasteiger partial charge in [-0.1, -0.05) is 30.3 Å². The molecule has 0 unspecified atom stereocenters. The monoisotopic (exact) mass is 367 g/mol. The number of carboxylic acids is 1. The zero-order valence-corrected chi connectivity index (χ0v) is 16.7. The molecule has 0 amide bonds. The lowest BCUT2D eigenvalue weighted by Crippen LogP contribution is -2.40. The predicted octanol–water partition coefficient (Wildman–Crippen LogP) is 4.49. The van der Waals surface area contributed by atoms with Crippen LogP contribution in [0.1, 0.15) is 48.1 Å². The van der Waals surface area contributed by atoms with E-state index in [9.17, 15) is 4.79 Å². The highest BCUT2D eigenvalue weighted by atomic mass is 16.5. The van der Waals surface area contributed by atoms with Crippen molar-refractivity contribution in [2.24, 2.45) is 0 Å². The first kappa shape index (κ1) is 19.4. The largest absolute Gasteiger partial charge is 0.486 e. The molecule has 1 aliphatic rings. The highest BCUT2D eigenvalue weighted by Gasteiger charge is 2.29. The summed E-state index contributed by atoms with van der Waals surface area (Å²) in [5.74, 6) is 0.227. The molecular weight excluding hydrogens is 338 g/mol. The van der Waals surface area contributed by atoms with Gasteiger partial charge in [-0.2, -0.15) is 0 Å². The molecule has 0 bridgehead atoms. The summed E-state index contributed by atoms with van der Waals surface area (Å²) < 4.78 is 6.31. The van der Waals surface area contributed by atoms with Crippen LogP contribution in [0.15, 0.2) is 36.4 Å². The highest BCUT2D eigenvalue weighted by molar-refractivity contribution is 5.67. The van der Waals surface area contributed by atoms with E-state index < -0.39 is 5.97 Å². The van der Waals surface area contributed by atoms with E-state index in [1.165, 1.54) is 22.3 Å². The topological polar surface area (TPSA) is 49.8 Å². The Kier molecular flexibility index (Phi) is 5.56. The molecule has 1 N–H and O–H groups in total. The molecule has 0 fully saturated rings. The molecule has 0 aliphatic carbocycles. The van der Waals surface area contributed by atoms with E-state index in [0.717, 1.165) is 30.9 Å². The van der Waals surface area contributed by atoms with Gasteiger partial charge in [-0.25, -0.2) is 0 Å². The zero-order chi connectivity index (χ0) is 19.6. The van der Waals surface area contributed by atoms with Gasteiger partial charge in [-0.05, 0) is 62.4 Å². The number of benzene rings is 2. The normalized spacial score (nSPS) is 16.3. The predicted molar refractivity (Wildman–Crippen MR) is 107 cm³/mol. The molecule has 0 atom stereocenters. The standard InChI is InChI=1S/C23H29NO3/c1-16-5-9-19-13-24(15-23(3,4)27-21(19)11-16)14-20-12-18(7-6-17(20)2)8-10-22(25)26/h5-7,9,11-12H,8,10,13-15H2,1-4H3,(H,25,26). The minimum absolute atomic E-state index is 0.166. The number of nitrogens with zero attached hydrogens (tertiary/aromatic N) is 1. The first-order valence-electron chi connectivity index (χ1n) is 9.53. The quantitative estimate of drug-likeness (QED) is 0.846. The Morgan fingerprint density at radius 1 is 1.19 bits per heavy atom. The number of rotatable bonds is 5. The van der Waals surface area contributed by atoms with Crippen molar-refractivity contribution in [2.45, 2.75) is 59.2 Å². The van der Waals surface area contributed by atoms with Gasteiger partial charge in [0, 0.05) is 31.6 Å². The van der Waals surface area contributed by atoms with E-state index >= 15 is 0 Å². The summed E-state index contributed by atoms with van der Waals surface area (Å²) in [7, 11) is 0. The molecule has 0 saturated carbocycles. The van der Waals surface area contributed by atoms with E-state index in [2.05, 4.69) is 62.9 Å². The molecule has 0 radical (unpaired) electrons. The van der Waals surface area contributed by atoms with Gasteiger partial charge in [0.05, 0.1) is 0 Å². The molecule has 2 aromatic rings. The molecule has 1 heterocycles. The maximum absolute atomic E-state index is 10.9. The van der Waals surface area contributed by atoms with Gasteiger partial charge in [0.2, 0.25) is 0 Å². The maximum Gasteiger partial charge on any atom is 0.303 e. The summed E-state index contributed by atoms with van der Waals surface area (Å²) >= 11 is 0. The Hall–Kier alpha value is -2.33. The average Bonchev–Trinajstić information content (AvgIpc) is 2.69. The number of carboxylic acid groups (broad SMARTS) is 1. The van der Waals surface area contributed by atoms with Crippen molar-refractivity contribution in [1.82, 2.24) is 4.90 Å². The Morgan fingerprint density at radius 3 is 2.70 bits per heavy atom. The third-order valence-corrected chi connectivity index (χ3v) is 5.04. The molecule has 0 aromatic heterocycles.